The summed E-state index contributed by atoms with van der Waals surface area (Å²) in [6.07, 6.45) is 1.78. The number of thiophene rings is 1. The Morgan fingerprint density at radius 2 is 2.50 bits per heavy atom. The molecule has 2 rings (SSSR count). The third-order valence-electron chi connectivity index (χ3n) is 3.25. The fourth-order valence-corrected chi connectivity index (χ4v) is 3.02. The maximum atomic E-state index is 11.2. The van der Waals surface area contributed by atoms with Crippen molar-refractivity contribution in [2.75, 3.05) is 13.1 Å². The van der Waals surface area contributed by atoms with E-state index in [1.54, 1.807) is 11.3 Å². The number of nitrogens with zero attached hydrogens (tertiary/aromatic N) is 1. The first-order chi connectivity index (χ1) is 7.60. The van der Waals surface area contributed by atoms with Crippen molar-refractivity contribution in [1.29, 1.82) is 0 Å². The van der Waals surface area contributed by atoms with E-state index in [2.05, 4.69) is 16.3 Å². The van der Waals surface area contributed by atoms with Gasteiger partial charge in [0.1, 0.15) is 0 Å². The molecule has 1 unspecified atom stereocenters. The number of rotatable bonds is 3. The van der Waals surface area contributed by atoms with Crippen molar-refractivity contribution in [2.45, 2.75) is 26.3 Å². The Balaban J connectivity index is 1.99. The van der Waals surface area contributed by atoms with Crippen LogP contribution in [-0.4, -0.2) is 29.1 Å². The molecule has 0 amide bonds. The first kappa shape index (κ1) is 11.6. The normalized spacial score (nSPS) is 26.8. The highest BCUT2D eigenvalue weighted by molar-refractivity contribution is 7.09. The molecule has 1 aliphatic rings. The van der Waals surface area contributed by atoms with Crippen LogP contribution in [0.2, 0.25) is 0 Å². The van der Waals surface area contributed by atoms with Crippen molar-refractivity contribution in [1.82, 2.24) is 4.90 Å². The van der Waals surface area contributed by atoms with E-state index in [1.807, 2.05) is 13.0 Å². The average molecular weight is 239 g/mol. The van der Waals surface area contributed by atoms with Gasteiger partial charge in [-0.05, 0) is 37.8 Å². The molecule has 3 nitrogen and oxygen atoms in total. The van der Waals surface area contributed by atoms with Gasteiger partial charge in [-0.1, -0.05) is 6.07 Å². The number of carboxylic acid groups (broad SMARTS) is 1. The zero-order valence-corrected chi connectivity index (χ0v) is 10.3. The molecule has 0 bridgehead atoms. The van der Waals surface area contributed by atoms with Crippen LogP contribution in [0.25, 0.3) is 0 Å². The summed E-state index contributed by atoms with van der Waals surface area (Å²) in [5.41, 5.74) is -0.560. The Hall–Kier alpha value is -0.870. The predicted molar refractivity (Wildman–Crippen MR) is 64.6 cm³/mol. The molecule has 88 valence electrons. The molecular weight excluding hydrogens is 222 g/mol. The molecule has 1 aromatic heterocycles. The quantitative estimate of drug-likeness (QED) is 0.880. The van der Waals surface area contributed by atoms with E-state index < -0.39 is 11.4 Å². The monoisotopic (exact) mass is 239 g/mol. The number of hydrogen-bond acceptors (Lipinski definition) is 3. The van der Waals surface area contributed by atoms with Crippen molar-refractivity contribution in [2.24, 2.45) is 5.41 Å². The lowest BCUT2D eigenvalue weighted by Gasteiger charge is -2.37. The Morgan fingerprint density at radius 3 is 3.12 bits per heavy atom. The summed E-state index contributed by atoms with van der Waals surface area (Å²) in [4.78, 5) is 14.8. The van der Waals surface area contributed by atoms with E-state index in [1.165, 1.54) is 4.88 Å². The van der Waals surface area contributed by atoms with E-state index >= 15 is 0 Å². The van der Waals surface area contributed by atoms with Gasteiger partial charge in [0.15, 0.2) is 0 Å². The number of carboxylic acids is 1. The zero-order chi connectivity index (χ0) is 11.6. The van der Waals surface area contributed by atoms with Gasteiger partial charge in [-0.15, -0.1) is 11.3 Å². The molecule has 0 aromatic carbocycles. The molecule has 0 saturated carbocycles. The second-order valence-corrected chi connectivity index (χ2v) is 5.79. The summed E-state index contributed by atoms with van der Waals surface area (Å²) < 4.78 is 0. The molecule has 0 spiro atoms. The van der Waals surface area contributed by atoms with E-state index in [4.69, 9.17) is 0 Å². The van der Waals surface area contributed by atoms with Gasteiger partial charge in [0, 0.05) is 18.0 Å². The minimum Gasteiger partial charge on any atom is -0.481 e. The Labute approximate surface area is 99.7 Å². The third kappa shape index (κ3) is 2.44. The highest BCUT2D eigenvalue weighted by Gasteiger charge is 2.37. The maximum Gasteiger partial charge on any atom is 0.310 e. The van der Waals surface area contributed by atoms with Crippen molar-refractivity contribution >= 4 is 17.3 Å². The van der Waals surface area contributed by atoms with Crippen LogP contribution in [0.4, 0.5) is 0 Å². The molecule has 1 N–H and O–H groups in total. The van der Waals surface area contributed by atoms with Crippen LogP contribution >= 0.6 is 11.3 Å². The maximum absolute atomic E-state index is 11.2. The van der Waals surface area contributed by atoms with E-state index in [0.29, 0.717) is 6.54 Å². The minimum atomic E-state index is -0.664. The fourth-order valence-electron chi connectivity index (χ4n) is 2.28. The summed E-state index contributed by atoms with van der Waals surface area (Å²) in [5, 5.41) is 11.3. The number of likely N-dealkylation sites (tertiary alicyclic amines) is 1. The predicted octanol–water partition coefficient (Wildman–Crippen LogP) is 2.43. The number of aliphatic carboxylic acids is 1. The van der Waals surface area contributed by atoms with E-state index in [9.17, 15) is 9.90 Å². The Bertz CT molecular complexity index is 363. The first-order valence-corrected chi connectivity index (χ1v) is 6.46. The topological polar surface area (TPSA) is 40.5 Å². The van der Waals surface area contributed by atoms with Gasteiger partial charge < -0.3 is 5.11 Å². The molecule has 1 fully saturated rings. The molecular formula is C12H17NO2S. The first-order valence-electron chi connectivity index (χ1n) is 5.58. The van der Waals surface area contributed by atoms with Gasteiger partial charge >= 0.3 is 5.97 Å². The van der Waals surface area contributed by atoms with Crippen LogP contribution in [0.3, 0.4) is 0 Å². The SMILES string of the molecule is CC1(C(=O)O)CCCN(Cc2cccs2)C1. The summed E-state index contributed by atoms with van der Waals surface area (Å²) >= 11 is 1.74. The standard InChI is InChI=1S/C12H17NO2S/c1-12(11(14)15)5-3-6-13(9-12)8-10-4-2-7-16-10/h2,4,7H,3,5-6,8-9H2,1H3,(H,14,15). The van der Waals surface area contributed by atoms with Crippen LogP contribution in [0, 0.1) is 5.41 Å². The molecule has 1 saturated heterocycles. The molecule has 0 radical (unpaired) electrons. The fraction of sp³-hybridized carbons (Fsp3) is 0.583. The summed E-state index contributed by atoms with van der Waals surface area (Å²) in [6, 6.07) is 4.15. The Morgan fingerprint density at radius 1 is 1.69 bits per heavy atom. The van der Waals surface area contributed by atoms with Gasteiger partial charge in [-0.25, -0.2) is 0 Å². The lowest BCUT2D eigenvalue weighted by atomic mass is 9.82. The number of carbonyl (C=O) groups is 1. The summed E-state index contributed by atoms with van der Waals surface area (Å²) in [5.74, 6) is -0.664. The summed E-state index contributed by atoms with van der Waals surface area (Å²) in [6.45, 7) is 4.43. The van der Waals surface area contributed by atoms with Crippen LogP contribution < -0.4 is 0 Å². The molecule has 1 aliphatic heterocycles. The van der Waals surface area contributed by atoms with Crippen molar-refractivity contribution < 1.29 is 9.90 Å². The molecule has 2 heterocycles. The number of hydrogen-bond donors (Lipinski definition) is 1. The molecule has 16 heavy (non-hydrogen) atoms. The second-order valence-electron chi connectivity index (χ2n) is 4.76. The molecule has 4 heteroatoms. The van der Waals surface area contributed by atoms with E-state index in [-0.39, 0.29) is 0 Å². The van der Waals surface area contributed by atoms with Crippen molar-refractivity contribution in [3.63, 3.8) is 0 Å². The minimum absolute atomic E-state index is 0.560. The largest absolute Gasteiger partial charge is 0.481 e. The van der Waals surface area contributed by atoms with Crippen LogP contribution in [0.1, 0.15) is 24.6 Å². The number of piperidine rings is 1. The lowest BCUT2D eigenvalue weighted by Crippen LogP contribution is -2.45. The van der Waals surface area contributed by atoms with Crippen molar-refractivity contribution in [3.05, 3.63) is 22.4 Å². The second kappa shape index (κ2) is 4.55. The van der Waals surface area contributed by atoms with Crippen LogP contribution in [-0.2, 0) is 11.3 Å². The van der Waals surface area contributed by atoms with Gasteiger partial charge in [0.05, 0.1) is 5.41 Å². The van der Waals surface area contributed by atoms with Crippen LogP contribution in [0.5, 0.6) is 0 Å². The van der Waals surface area contributed by atoms with Gasteiger partial charge in [-0.3, -0.25) is 9.69 Å². The van der Waals surface area contributed by atoms with Gasteiger partial charge in [-0.2, -0.15) is 0 Å². The smallest absolute Gasteiger partial charge is 0.310 e. The summed E-state index contributed by atoms with van der Waals surface area (Å²) in [7, 11) is 0. The highest BCUT2D eigenvalue weighted by Crippen LogP contribution is 2.30. The van der Waals surface area contributed by atoms with Crippen molar-refractivity contribution in [3.8, 4) is 0 Å². The average Bonchev–Trinajstić information content (AvgIpc) is 2.70. The van der Waals surface area contributed by atoms with E-state index in [0.717, 1.165) is 25.9 Å². The lowest BCUT2D eigenvalue weighted by molar-refractivity contribution is -0.151. The van der Waals surface area contributed by atoms with Gasteiger partial charge in [0.25, 0.3) is 0 Å². The molecule has 1 atom stereocenters. The van der Waals surface area contributed by atoms with Gasteiger partial charge in [0.2, 0.25) is 0 Å². The van der Waals surface area contributed by atoms with Crippen LogP contribution in [0.15, 0.2) is 17.5 Å². The third-order valence-corrected chi connectivity index (χ3v) is 4.11. The molecule has 1 aromatic rings. The molecule has 0 aliphatic carbocycles. The highest BCUT2D eigenvalue weighted by atomic mass is 32.1. The zero-order valence-electron chi connectivity index (χ0n) is 9.48. The Kier molecular flexibility index (Phi) is 3.30.